The molecule has 196 valence electrons. The van der Waals surface area contributed by atoms with Gasteiger partial charge in [0.2, 0.25) is 15.9 Å². The predicted molar refractivity (Wildman–Crippen MR) is 144 cm³/mol. The number of fused-ring (bicyclic) bond motifs is 1. The van der Waals surface area contributed by atoms with Crippen LogP contribution in [0.4, 0.5) is 5.69 Å². The first-order chi connectivity index (χ1) is 17.6. The topological polar surface area (TPSA) is 135 Å². The molecule has 11 heteroatoms. The molecule has 1 atom stereocenters. The van der Waals surface area contributed by atoms with E-state index < -0.39 is 33.8 Å². The summed E-state index contributed by atoms with van der Waals surface area (Å²) in [6.45, 7) is 4.27. The van der Waals surface area contributed by atoms with E-state index in [0.29, 0.717) is 24.3 Å². The lowest BCUT2D eigenvalue weighted by molar-refractivity contribution is -0.138. The maximum absolute atomic E-state index is 12.7. The summed E-state index contributed by atoms with van der Waals surface area (Å²) in [6.07, 6.45) is 2.63. The summed E-state index contributed by atoms with van der Waals surface area (Å²) in [7, 11) is -3.83. The van der Waals surface area contributed by atoms with E-state index in [1.165, 1.54) is 4.90 Å². The Bertz CT molecular complexity index is 1430. The molecule has 3 aromatic rings. The molecule has 0 unspecified atom stereocenters. The number of aliphatic hydroxyl groups is 1. The van der Waals surface area contributed by atoms with Gasteiger partial charge in [0.15, 0.2) is 0 Å². The van der Waals surface area contributed by atoms with Crippen molar-refractivity contribution >= 4 is 33.0 Å². The van der Waals surface area contributed by atoms with Crippen molar-refractivity contribution < 1.29 is 23.1 Å². The Kier molecular flexibility index (Phi) is 6.97. The summed E-state index contributed by atoms with van der Waals surface area (Å²) in [5.74, 6) is -0.464. The van der Waals surface area contributed by atoms with Gasteiger partial charge in [-0.25, -0.2) is 18.1 Å². The number of aromatic nitrogens is 1. The number of nitrogens with two attached hydrogens (primary N) is 1. The molecule has 4 N–H and O–H groups in total. The van der Waals surface area contributed by atoms with E-state index in [1.54, 1.807) is 11.3 Å². The molecule has 2 heterocycles. The van der Waals surface area contributed by atoms with Crippen LogP contribution in [0.1, 0.15) is 37.4 Å². The number of aliphatic hydroxyl groups excluding tert-OH is 1. The van der Waals surface area contributed by atoms with Crippen LogP contribution >= 0.6 is 11.3 Å². The second-order valence-electron chi connectivity index (χ2n) is 9.74. The van der Waals surface area contributed by atoms with Gasteiger partial charge in [0, 0.05) is 30.9 Å². The summed E-state index contributed by atoms with van der Waals surface area (Å²) in [4.78, 5) is 19.2. The van der Waals surface area contributed by atoms with Gasteiger partial charge >= 0.3 is 0 Å². The Hall–Kier alpha value is -2.99. The molecule has 0 spiro atoms. The predicted octanol–water partition coefficient (Wildman–Crippen LogP) is 2.96. The van der Waals surface area contributed by atoms with Gasteiger partial charge in [0.25, 0.3) is 0 Å². The van der Waals surface area contributed by atoms with E-state index in [4.69, 9.17) is 10.5 Å². The number of sulfonamides is 1. The maximum atomic E-state index is 12.7. The second kappa shape index (κ2) is 10.1. The summed E-state index contributed by atoms with van der Waals surface area (Å²) in [5, 5.41) is 10.2. The highest BCUT2D eigenvalue weighted by Gasteiger charge is 2.34. The fourth-order valence-electron chi connectivity index (χ4n) is 4.75. The minimum atomic E-state index is -3.83. The van der Waals surface area contributed by atoms with Crippen molar-refractivity contribution in [3.8, 4) is 26.8 Å². The molecule has 1 fully saturated rings. The van der Waals surface area contributed by atoms with Gasteiger partial charge in [-0.2, -0.15) is 0 Å². The van der Waals surface area contributed by atoms with Gasteiger partial charge in [-0.05, 0) is 61.6 Å². The quantitative estimate of drug-likeness (QED) is 0.373. The van der Waals surface area contributed by atoms with Crippen LogP contribution in [0.3, 0.4) is 0 Å². The summed E-state index contributed by atoms with van der Waals surface area (Å²) < 4.78 is 33.9. The Balaban J connectivity index is 1.33. The first-order valence-corrected chi connectivity index (χ1v) is 14.7. The number of carbonyl (C=O) groups excluding carboxylic acids is 1. The van der Waals surface area contributed by atoms with Gasteiger partial charge < -0.3 is 20.5 Å². The summed E-state index contributed by atoms with van der Waals surface area (Å²) >= 11 is 1.55. The molecule has 1 aliphatic heterocycles. The molecule has 5 rings (SSSR count). The van der Waals surface area contributed by atoms with Crippen LogP contribution in [0.2, 0.25) is 0 Å². The molecular weight excluding hydrogens is 512 g/mol. The number of rotatable bonds is 8. The van der Waals surface area contributed by atoms with Crippen molar-refractivity contribution in [3.05, 3.63) is 53.7 Å². The number of anilines is 1. The van der Waals surface area contributed by atoms with Crippen LogP contribution < -0.4 is 15.2 Å². The third-order valence-corrected chi connectivity index (χ3v) is 8.86. The third kappa shape index (κ3) is 5.49. The van der Waals surface area contributed by atoms with Crippen molar-refractivity contribution in [2.45, 2.75) is 44.9 Å². The fraction of sp³-hybridized carbons (Fsp3) is 0.385. The number of ether oxygens (including phenoxy) is 1. The standard InChI is InChI=1S/C26H30N4O5S2/c1-15(2)35-23-9-6-16(10-21(23)27)26-28-11-24(36-26)20-5-3-4-19-18(20)7-8-22(19)29-37(33,34)14-25(32)30-12-17(31)13-30/h3-6,9-11,15,17,22,29,31H,7-8,12-14,27H2,1-2H3/t22-/m0/s1. The number of hydrogen-bond donors (Lipinski definition) is 3. The van der Waals surface area contributed by atoms with Crippen molar-refractivity contribution in [3.63, 3.8) is 0 Å². The Morgan fingerprint density at radius 3 is 2.78 bits per heavy atom. The first kappa shape index (κ1) is 25.7. The maximum Gasteiger partial charge on any atom is 0.239 e. The molecule has 0 bridgehead atoms. The van der Waals surface area contributed by atoms with Crippen LogP contribution in [-0.4, -0.2) is 60.4 Å². The lowest BCUT2D eigenvalue weighted by atomic mass is 10.0. The van der Waals surface area contributed by atoms with E-state index >= 15 is 0 Å². The number of hydrogen-bond acceptors (Lipinski definition) is 8. The number of nitrogens with zero attached hydrogens (tertiary/aromatic N) is 2. The minimum absolute atomic E-state index is 0.0307. The van der Waals surface area contributed by atoms with E-state index in [-0.39, 0.29) is 19.2 Å². The Morgan fingerprint density at radius 2 is 2.08 bits per heavy atom. The average molecular weight is 543 g/mol. The minimum Gasteiger partial charge on any atom is -0.489 e. The van der Waals surface area contributed by atoms with Crippen molar-refractivity contribution in [2.75, 3.05) is 24.6 Å². The highest BCUT2D eigenvalue weighted by molar-refractivity contribution is 7.90. The molecule has 1 aliphatic carbocycles. The van der Waals surface area contributed by atoms with Gasteiger partial charge in [-0.1, -0.05) is 18.2 Å². The summed E-state index contributed by atoms with van der Waals surface area (Å²) in [6, 6.07) is 11.2. The largest absolute Gasteiger partial charge is 0.489 e. The lowest BCUT2D eigenvalue weighted by Crippen LogP contribution is -2.55. The SMILES string of the molecule is CC(C)Oc1ccc(-c2ncc(-c3cccc4c3CC[C@@H]4NS(=O)(=O)CC(=O)N3CC(O)C3)s2)cc1N. The Labute approximate surface area is 220 Å². The van der Waals surface area contributed by atoms with Crippen molar-refractivity contribution in [1.82, 2.24) is 14.6 Å². The zero-order chi connectivity index (χ0) is 26.3. The van der Waals surface area contributed by atoms with Gasteiger partial charge in [-0.3, -0.25) is 4.79 Å². The van der Waals surface area contributed by atoms with Gasteiger partial charge in [-0.15, -0.1) is 11.3 Å². The molecule has 37 heavy (non-hydrogen) atoms. The van der Waals surface area contributed by atoms with Gasteiger partial charge in [0.1, 0.15) is 16.5 Å². The molecule has 9 nitrogen and oxygen atoms in total. The molecule has 1 amide bonds. The summed E-state index contributed by atoms with van der Waals surface area (Å²) in [5.41, 5.74) is 10.7. The van der Waals surface area contributed by atoms with E-state index in [0.717, 1.165) is 32.1 Å². The molecule has 0 saturated carbocycles. The molecular formula is C26H30N4O5S2. The molecule has 1 aromatic heterocycles. The van der Waals surface area contributed by atoms with Crippen LogP contribution in [-0.2, 0) is 21.2 Å². The fourth-order valence-corrected chi connectivity index (χ4v) is 6.99. The van der Waals surface area contributed by atoms with Crippen molar-refractivity contribution in [2.24, 2.45) is 0 Å². The molecule has 0 radical (unpaired) electrons. The zero-order valence-electron chi connectivity index (χ0n) is 20.7. The van der Waals surface area contributed by atoms with E-state index in [9.17, 15) is 18.3 Å². The van der Waals surface area contributed by atoms with E-state index in [1.807, 2.05) is 56.4 Å². The number of nitrogens with one attached hydrogen (secondary N) is 1. The van der Waals surface area contributed by atoms with Gasteiger partial charge in [0.05, 0.1) is 22.8 Å². The number of amides is 1. The number of nitrogen functional groups attached to an aromatic ring is 1. The van der Waals surface area contributed by atoms with E-state index in [2.05, 4.69) is 9.71 Å². The third-order valence-electron chi connectivity index (χ3n) is 6.51. The highest BCUT2D eigenvalue weighted by atomic mass is 32.2. The van der Waals surface area contributed by atoms with Crippen LogP contribution in [0.5, 0.6) is 5.75 Å². The number of likely N-dealkylation sites (tertiary alicyclic amines) is 1. The average Bonchev–Trinajstić information content (AvgIpc) is 3.45. The molecule has 2 aromatic carbocycles. The zero-order valence-corrected chi connectivity index (χ0v) is 22.3. The van der Waals surface area contributed by atoms with Crippen LogP contribution in [0.15, 0.2) is 42.6 Å². The lowest BCUT2D eigenvalue weighted by Gasteiger charge is -2.35. The number of benzene rings is 2. The smallest absolute Gasteiger partial charge is 0.239 e. The van der Waals surface area contributed by atoms with Crippen LogP contribution in [0, 0.1) is 0 Å². The second-order valence-corrected chi connectivity index (χ2v) is 12.5. The van der Waals surface area contributed by atoms with Crippen LogP contribution in [0.25, 0.3) is 21.0 Å². The molecule has 1 saturated heterocycles. The number of carbonyl (C=O) groups is 1. The highest BCUT2D eigenvalue weighted by Crippen LogP contribution is 2.41. The number of β-amino-alcohol motifs (C(OH)–C–C–N with tert-alkyl or cyclic N) is 1. The first-order valence-electron chi connectivity index (χ1n) is 12.2. The Morgan fingerprint density at radius 1 is 1.30 bits per heavy atom. The van der Waals surface area contributed by atoms with Crippen molar-refractivity contribution in [1.29, 1.82) is 0 Å². The monoisotopic (exact) mass is 542 g/mol. The number of thiazole rings is 1. The normalized spacial score (nSPS) is 17.6. The molecule has 2 aliphatic rings.